The van der Waals surface area contributed by atoms with Crippen LogP contribution in [0, 0.1) is 5.82 Å². The zero-order valence-electron chi connectivity index (χ0n) is 12.7. The standard InChI is InChI=1S/C16H21FN2O3/c1-2-12-5-3-4-8-19(12)15(20)10-22-16(21)13-7-6-11(17)9-14(13)18/h6-7,9,12H,2-5,8,10,18H2,1H3. The molecule has 0 bridgehead atoms. The molecule has 0 saturated carbocycles. The Labute approximate surface area is 129 Å². The molecule has 0 radical (unpaired) electrons. The lowest BCUT2D eigenvalue weighted by atomic mass is 10.00. The molecule has 22 heavy (non-hydrogen) atoms. The summed E-state index contributed by atoms with van der Waals surface area (Å²) in [5, 5.41) is 0. The van der Waals surface area contributed by atoms with Crippen molar-refractivity contribution in [3.8, 4) is 0 Å². The number of amides is 1. The van der Waals surface area contributed by atoms with E-state index in [-0.39, 0.29) is 29.8 Å². The summed E-state index contributed by atoms with van der Waals surface area (Å²) in [4.78, 5) is 25.9. The maximum atomic E-state index is 13.0. The Morgan fingerprint density at radius 2 is 2.18 bits per heavy atom. The number of carbonyl (C=O) groups is 2. The van der Waals surface area contributed by atoms with Crippen LogP contribution in [0.3, 0.4) is 0 Å². The molecule has 2 rings (SSSR count). The number of piperidine rings is 1. The molecule has 0 spiro atoms. The first kappa shape index (κ1) is 16.3. The van der Waals surface area contributed by atoms with E-state index in [1.807, 2.05) is 6.92 Å². The molecule has 1 aromatic rings. The summed E-state index contributed by atoms with van der Waals surface area (Å²) >= 11 is 0. The number of carbonyl (C=O) groups excluding carboxylic acids is 2. The van der Waals surface area contributed by atoms with Crippen LogP contribution in [0.2, 0.25) is 0 Å². The normalized spacial score (nSPS) is 18.1. The van der Waals surface area contributed by atoms with Gasteiger partial charge < -0.3 is 15.4 Å². The van der Waals surface area contributed by atoms with Gasteiger partial charge in [0.15, 0.2) is 6.61 Å². The van der Waals surface area contributed by atoms with Crippen LogP contribution in [0.5, 0.6) is 0 Å². The van der Waals surface area contributed by atoms with Crippen molar-refractivity contribution in [3.05, 3.63) is 29.6 Å². The van der Waals surface area contributed by atoms with Crippen molar-refractivity contribution < 1.29 is 18.7 Å². The van der Waals surface area contributed by atoms with Crippen LogP contribution < -0.4 is 5.73 Å². The summed E-state index contributed by atoms with van der Waals surface area (Å²) < 4.78 is 18.0. The van der Waals surface area contributed by atoms with Crippen molar-refractivity contribution in [2.24, 2.45) is 0 Å². The number of hydrogen-bond acceptors (Lipinski definition) is 4. The lowest BCUT2D eigenvalue weighted by Gasteiger charge is -2.35. The van der Waals surface area contributed by atoms with Crippen LogP contribution in [-0.2, 0) is 9.53 Å². The second-order valence-electron chi connectivity index (χ2n) is 5.45. The molecule has 1 unspecified atom stereocenters. The van der Waals surface area contributed by atoms with E-state index in [4.69, 9.17) is 10.5 Å². The Morgan fingerprint density at radius 3 is 2.86 bits per heavy atom. The Kier molecular flexibility index (Phi) is 5.35. The number of esters is 1. The second kappa shape index (κ2) is 7.24. The minimum atomic E-state index is -0.712. The number of likely N-dealkylation sites (tertiary alicyclic amines) is 1. The van der Waals surface area contributed by atoms with E-state index in [2.05, 4.69) is 0 Å². The van der Waals surface area contributed by atoms with Gasteiger partial charge in [-0.25, -0.2) is 9.18 Å². The van der Waals surface area contributed by atoms with E-state index in [9.17, 15) is 14.0 Å². The molecule has 1 fully saturated rings. The molecule has 1 aromatic carbocycles. The summed E-state index contributed by atoms with van der Waals surface area (Å²) in [5.41, 5.74) is 5.65. The average Bonchev–Trinajstić information content (AvgIpc) is 2.52. The monoisotopic (exact) mass is 308 g/mol. The topological polar surface area (TPSA) is 72.6 Å². The van der Waals surface area contributed by atoms with Gasteiger partial charge in [-0.15, -0.1) is 0 Å². The average molecular weight is 308 g/mol. The Balaban J connectivity index is 1.94. The number of ether oxygens (including phenoxy) is 1. The minimum Gasteiger partial charge on any atom is -0.452 e. The summed E-state index contributed by atoms with van der Waals surface area (Å²) in [6.45, 7) is 2.43. The molecule has 5 nitrogen and oxygen atoms in total. The lowest BCUT2D eigenvalue weighted by Crippen LogP contribution is -2.45. The van der Waals surface area contributed by atoms with E-state index in [0.717, 1.165) is 37.8 Å². The van der Waals surface area contributed by atoms with E-state index in [1.165, 1.54) is 6.07 Å². The van der Waals surface area contributed by atoms with Gasteiger partial charge in [0.25, 0.3) is 5.91 Å². The Morgan fingerprint density at radius 1 is 1.41 bits per heavy atom. The van der Waals surface area contributed by atoms with Crippen LogP contribution in [0.1, 0.15) is 43.0 Å². The zero-order valence-corrected chi connectivity index (χ0v) is 12.7. The van der Waals surface area contributed by atoms with E-state index >= 15 is 0 Å². The second-order valence-corrected chi connectivity index (χ2v) is 5.45. The molecule has 0 aliphatic carbocycles. The number of nitrogens with two attached hydrogens (primary N) is 1. The van der Waals surface area contributed by atoms with Gasteiger partial charge >= 0.3 is 5.97 Å². The molecular formula is C16H21FN2O3. The summed E-state index contributed by atoms with van der Waals surface area (Å²) in [5.74, 6) is -1.43. The minimum absolute atomic E-state index is 0.00172. The fourth-order valence-corrected chi connectivity index (χ4v) is 2.76. The number of halogens is 1. The van der Waals surface area contributed by atoms with Crippen molar-refractivity contribution in [1.82, 2.24) is 4.90 Å². The molecule has 0 aromatic heterocycles. The van der Waals surface area contributed by atoms with E-state index in [0.29, 0.717) is 6.54 Å². The smallest absolute Gasteiger partial charge is 0.340 e. The van der Waals surface area contributed by atoms with Crippen molar-refractivity contribution in [2.75, 3.05) is 18.9 Å². The van der Waals surface area contributed by atoms with Gasteiger partial charge in [0.05, 0.1) is 5.56 Å². The van der Waals surface area contributed by atoms with Gasteiger partial charge in [-0.2, -0.15) is 0 Å². The molecule has 1 aliphatic rings. The molecular weight excluding hydrogens is 287 g/mol. The van der Waals surface area contributed by atoms with Gasteiger partial charge in [0, 0.05) is 18.3 Å². The maximum Gasteiger partial charge on any atom is 0.340 e. The van der Waals surface area contributed by atoms with Crippen LogP contribution >= 0.6 is 0 Å². The van der Waals surface area contributed by atoms with Gasteiger partial charge in [-0.1, -0.05) is 6.92 Å². The van der Waals surface area contributed by atoms with Crippen LogP contribution in [-0.4, -0.2) is 36.0 Å². The van der Waals surface area contributed by atoms with E-state index < -0.39 is 11.8 Å². The predicted molar refractivity (Wildman–Crippen MR) is 80.7 cm³/mol. The quantitative estimate of drug-likeness (QED) is 0.684. The first-order valence-corrected chi connectivity index (χ1v) is 7.54. The largest absolute Gasteiger partial charge is 0.452 e. The van der Waals surface area contributed by atoms with Crippen molar-refractivity contribution in [2.45, 2.75) is 38.6 Å². The molecule has 1 aliphatic heterocycles. The van der Waals surface area contributed by atoms with Crippen LogP contribution in [0.15, 0.2) is 18.2 Å². The number of hydrogen-bond donors (Lipinski definition) is 1. The number of anilines is 1. The van der Waals surface area contributed by atoms with Crippen LogP contribution in [0.25, 0.3) is 0 Å². The number of nitrogen functional groups attached to an aromatic ring is 1. The highest BCUT2D eigenvalue weighted by Crippen LogP contribution is 2.20. The molecule has 1 amide bonds. The Hall–Kier alpha value is -2.11. The first-order chi connectivity index (χ1) is 10.5. The molecule has 120 valence electrons. The van der Waals surface area contributed by atoms with Crippen molar-refractivity contribution >= 4 is 17.6 Å². The van der Waals surface area contributed by atoms with Gasteiger partial charge in [0.2, 0.25) is 0 Å². The Bertz CT molecular complexity index is 562. The third kappa shape index (κ3) is 3.75. The predicted octanol–water partition coefficient (Wildman–Crippen LogP) is 2.36. The van der Waals surface area contributed by atoms with E-state index in [1.54, 1.807) is 4.90 Å². The summed E-state index contributed by atoms with van der Waals surface area (Å²) in [7, 11) is 0. The van der Waals surface area contributed by atoms with Gasteiger partial charge in [-0.05, 0) is 43.9 Å². The molecule has 1 atom stereocenters. The number of benzene rings is 1. The van der Waals surface area contributed by atoms with Gasteiger partial charge in [-0.3, -0.25) is 4.79 Å². The zero-order chi connectivity index (χ0) is 16.1. The van der Waals surface area contributed by atoms with Crippen molar-refractivity contribution in [3.63, 3.8) is 0 Å². The molecule has 1 heterocycles. The highest BCUT2D eigenvalue weighted by Gasteiger charge is 2.26. The fraction of sp³-hybridized carbons (Fsp3) is 0.500. The lowest BCUT2D eigenvalue weighted by molar-refractivity contribution is -0.138. The van der Waals surface area contributed by atoms with Gasteiger partial charge in [0.1, 0.15) is 5.82 Å². The summed E-state index contributed by atoms with van der Waals surface area (Å²) in [6.07, 6.45) is 3.97. The molecule has 6 heteroatoms. The first-order valence-electron chi connectivity index (χ1n) is 7.54. The highest BCUT2D eigenvalue weighted by atomic mass is 19.1. The molecule has 1 saturated heterocycles. The molecule has 2 N–H and O–H groups in total. The number of rotatable bonds is 4. The highest BCUT2D eigenvalue weighted by molar-refractivity contribution is 5.96. The maximum absolute atomic E-state index is 13.0. The number of nitrogens with zero attached hydrogens (tertiary/aromatic N) is 1. The third-order valence-corrected chi connectivity index (χ3v) is 3.98. The van der Waals surface area contributed by atoms with Crippen molar-refractivity contribution in [1.29, 1.82) is 0 Å². The summed E-state index contributed by atoms with van der Waals surface area (Å²) in [6, 6.07) is 3.66. The third-order valence-electron chi connectivity index (χ3n) is 3.98. The SMILES string of the molecule is CCC1CCCCN1C(=O)COC(=O)c1ccc(F)cc1N. The van der Waals surface area contributed by atoms with Crippen LogP contribution in [0.4, 0.5) is 10.1 Å². The fourth-order valence-electron chi connectivity index (χ4n) is 2.76.